The molecule has 0 radical (unpaired) electrons. The average Bonchev–Trinajstić information content (AvgIpc) is 2.88. The molecular weight excluding hydrogens is 224 g/mol. The smallest absolute Gasteiger partial charge is 0.224 e. The average molecular weight is 250 g/mol. The minimum absolute atomic E-state index is 0.0295. The summed E-state index contributed by atoms with van der Waals surface area (Å²) in [6.45, 7) is 8.57. The molecule has 2 rings (SSSR count). The van der Waals surface area contributed by atoms with Gasteiger partial charge >= 0.3 is 0 Å². The fraction of sp³-hybridized carbons (Fsp3) is 0.800. The lowest BCUT2D eigenvalue weighted by atomic mass is 9.77. The van der Waals surface area contributed by atoms with E-state index in [1.165, 1.54) is 5.57 Å². The molecule has 3 heteroatoms. The van der Waals surface area contributed by atoms with Gasteiger partial charge < -0.3 is 11.5 Å². The van der Waals surface area contributed by atoms with Crippen LogP contribution in [0.5, 0.6) is 0 Å². The van der Waals surface area contributed by atoms with Crippen molar-refractivity contribution in [2.24, 2.45) is 34.1 Å². The SMILES string of the molecule is C/C1=C\CC(C)(C)[C@H](N)[C@@H]2[C@H](CC1)[C@@]2(C)C(N)=O. The number of amides is 1. The first kappa shape index (κ1) is 13.6. The summed E-state index contributed by atoms with van der Waals surface area (Å²) in [7, 11) is 0. The van der Waals surface area contributed by atoms with E-state index >= 15 is 0 Å². The maximum absolute atomic E-state index is 11.8. The Hall–Kier alpha value is -0.830. The molecule has 102 valence electrons. The Morgan fingerprint density at radius 2 is 2.00 bits per heavy atom. The van der Waals surface area contributed by atoms with Crippen LogP contribution in [0.2, 0.25) is 0 Å². The van der Waals surface area contributed by atoms with Crippen LogP contribution in [-0.4, -0.2) is 11.9 Å². The van der Waals surface area contributed by atoms with Crippen LogP contribution in [0.3, 0.4) is 0 Å². The Labute approximate surface area is 110 Å². The molecule has 0 aromatic rings. The lowest BCUT2D eigenvalue weighted by Gasteiger charge is -2.32. The summed E-state index contributed by atoms with van der Waals surface area (Å²) in [5.74, 6) is 0.445. The Morgan fingerprint density at radius 3 is 2.56 bits per heavy atom. The molecule has 1 fully saturated rings. The van der Waals surface area contributed by atoms with Gasteiger partial charge in [-0.15, -0.1) is 0 Å². The number of hydrogen-bond donors (Lipinski definition) is 2. The topological polar surface area (TPSA) is 69.1 Å². The van der Waals surface area contributed by atoms with Crippen molar-refractivity contribution in [1.29, 1.82) is 0 Å². The molecule has 0 heterocycles. The monoisotopic (exact) mass is 250 g/mol. The highest BCUT2D eigenvalue weighted by Crippen LogP contribution is 2.64. The molecule has 18 heavy (non-hydrogen) atoms. The van der Waals surface area contributed by atoms with E-state index in [0.717, 1.165) is 19.3 Å². The van der Waals surface area contributed by atoms with Gasteiger partial charge in [-0.1, -0.05) is 32.4 Å². The molecule has 0 aromatic heterocycles. The molecule has 0 saturated heterocycles. The van der Waals surface area contributed by atoms with Gasteiger partial charge in [0, 0.05) is 6.04 Å². The molecule has 2 aliphatic carbocycles. The Balaban J connectivity index is 2.32. The second-order valence-electron chi connectivity index (χ2n) is 7.09. The van der Waals surface area contributed by atoms with Crippen molar-refractivity contribution in [2.45, 2.75) is 53.0 Å². The highest BCUT2D eigenvalue weighted by molar-refractivity contribution is 5.84. The van der Waals surface area contributed by atoms with Crippen molar-refractivity contribution < 1.29 is 4.79 Å². The van der Waals surface area contributed by atoms with Crippen molar-refractivity contribution in [3.05, 3.63) is 11.6 Å². The summed E-state index contributed by atoms with van der Waals surface area (Å²) < 4.78 is 0. The molecule has 0 aliphatic heterocycles. The Kier molecular flexibility index (Phi) is 3.09. The fourth-order valence-electron chi connectivity index (χ4n) is 3.63. The number of primary amides is 1. The first-order valence-electron chi connectivity index (χ1n) is 6.92. The van der Waals surface area contributed by atoms with Crippen LogP contribution in [0, 0.1) is 22.7 Å². The van der Waals surface area contributed by atoms with Gasteiger partial charge in [0.05, 0.1) is 5.41 Å². The van der Waals surface area contributed by atoms with Crippen LogP contribution in [0.4, 0.5) is 0 Å². The molecule has 0 aromatic carbocycles. The molecule has 4 N–H and O–H groups in total. The van der Waals surface area contributed by atoms with Crippen LogP contribution in [0.15, 0.2) is 11.6 Å². The van der Waals surface area contributed by atoms with Crippen LogP contribution in [-0.2, 0) is 4.79 Å². The zero-order valence-corrected chi connectivity index (χ0v) is 12.0. The van der Waals surface area contributed by atoms with Crippen molar-refractivity contribution in [1.82, 2.24) is 0 Å². The predicted molar refractivity (Wildman–Crippen MR) is 73.6 cm³/mol. The van der Waals surface area contributed by atoms with Crippen LogP contribution in [0.1, 0.15) is 47.0 Å². The molecule has 2 aliphatic rings. The van der Waals surface area contributed by atoms with Gasteiger partial charge in [0.25, 0.3) is 0 Å². The Morgan fingerprint density at radius 1 is 1.39 bits per heavy atom. The first-order valence-corrected chi connectivity index (χ1v) is 6.92. The normalized spacial score (nSPS) is 45.8. The highest BCUT2D eigenvalue weighted by atomic mass is 16.1. The number of carbonyl (C=O) groups excluding carboxylic acids is 1. The molecule has 0 unspecified atom stereocenters. The minimum Gasteiger partial charge on any atom is -0.369 e. The van der Waals surface area contributed by atoms with Gasteiger partial charge in [-0.3, -0.25) is 4.79 Å². The lowest BCUT2D eigenvalue weighted by Crippen LogP contribution is -2.42. The maximum atomic E-state index is 11.8. The zero-order valence-electron chi connectivity index (χ0n) is 12.0. The van der Waals surface area contributed by atoms with Crippen LogP contribution >= 0.6 is 0 Å². The molecule has 1 saturated carbocycles. The summed E-state index contributed by atoms with van der Waals surface area (Å²) in [4.78, 5) is 11.8. The molecular formula is C15H26N2O. The zero-order chi connectivity index (χ0) is 13.7. The van der Waals surface area contributed by atoms with E-state index in [2.05, 4.69) is 26.8 Å². The highest BCUT2D eigenvalue weighted by Gasteiger charge is 2.68. The molecule has 0 bridgehead atoms. The third-order valence-electron chi connectivity index (χ3n) is 5.43. The molecule has 4 atom stereocenters. The third-order valence-corrected chi connectivity index (χ3v) is 5.43. The third kappa shape index (κ3) is 1.89. The van der Waals surface area contributed by atoms with E-state index in [4.69, 9.17) is 11.5 Å². The van der Waals surface area contributed by atoms with E-state index in [0.29, 0.717) is 5.92 Å². The van der Waals surface area contributed by atoms with Gasteiger partial charge in [0.1, 0.15) is 0 Å². The van der Waals surface area contributed by atoms with Gasteiger partial charge in [0.2, 0.25) is 5.91 Å². The Bertz CT molecular complexity index is 399. The minimum atomic E-state index is -0.381. The summed E-state index contributed by atoms with van der Waals surface area (Å²) in [5.41, 5.74) is 13.1. The summed E-state index contributed by atoms with van der Waals surface area (Å²) in [5, 5.41) is 0. The fourth-order valence-corrected chi connectivity index (χ4v) is 3.63. The van der Waals surface area contributed by atoms with Crippen LogP contribution in [0.25, 0.3) is 0 Å². The van der Waals surface area contributed by atoms with Gasteiger partial charge in [-0.2, -0.15) is 0 Å². The number of fused-ring (bicyclic) bond motifs is 1. The molecule has 1 amide bonds. The number of hydrogen-bond acceptors (Lipinski definition) is 2. The van der Waals surface area contributed by atoms with Crippen molar-refractivity contribution in [3.63, 3.8) is 0 Å². The molecule has 3 nitrogen and oxygen atoms in total. The predicted octanol–water partition coefficient (Wildman–Crippen LogP) is 2.21. The lowest BCUT2D eigenvalue weighted by molar-refractivity contribution is -0.123. The van der Waals surface area contributed by atoms with Gasteiger partial charge in [-0.25, -0.2) is 0 Å². The summed E-state index contributed by atoms with van der Waals surface area (Å²) in [6, 6.07) is 0.0437. The van der Waals surface area contributed by atoms with Crippen LogP contribution < -0.4 is 11.5 Å². The summed E-state index contributed by atoms with van der Waals surface area (Å²) in [6.07, 6.45) is 5.40. The first-order chi connectivity index (χ1) is 8.21. The van der Waals surface area contributed by atoms with Crippen molar-refractivity contribution in [2.75, 3.05) is 0 Å². The molecule has 0 spiro atoms. The van der Waals surface area contributed by atoms with E-state index in [9.17, 15) is 4.79 Å². The maximum Gasteiger partial charge on any atom is 0.224 e. The number of nitrogens with two attached hydrogens (primary N) is 2. The van der Waals surface area contributed by atoms with Crippen molar-refractivity contribution >= 4 is 5.91 Å². The second kappa shape index (κ2) is 4.09. The van der Waals surface area contributed by atoms with E-state index < -0.39 is 0 Å². The second-order valence-corrected chi connectivity index (χ2v) is 7.09. The quantitative estimate of drug-likeness (QED) is 0.700. The number of rotatable bonds is 1. The largest absolute Gasteiger partial charge is 0.369 e. The standard InChI is InChI=1S/C15H26N2O/c1-9-5-6-10-11(15(10,4)13(17)18)12(16)14(2,3)8-7-9/h7,10-12H,5-6,8,16H2,1-4H3,(H2,17,18)/b9-7+/t10-,11-,12+,15+/m0/s1. The van der Waals surface area contributed by atoms with Crippen molar-refractivity contribution in [3.8, 4) is 0 Å². The van der Waals surface area contributed by atoms with E-state index in [1.54, 1.807) is 0 Å². The number of carbonyl (C=O) groups is 1. The van der Waals surface area contributed by atoms with E-state index in [1.807, 2.05) is 6.92 Å². The summed E-state index contributed by atoms with van der Waals surface area (Å²) >= 11 is 0. The number of allylic oxidation sites excluding steroid dienone is 2. The van der Waals surface area contributed by atoms with E-state index in [-0.39, 0.29) is 28.7 Å². The van der Waals surface area contributed by atoms with Gasteiger partial charge in [0.15, 0.2) is 0 Å². The van der Waals surface area contributed by atoms with Gasteiger partial charge in [-0.05, 0) is 43.4 Å².